The molecule has 0 bridgehead atoms. The van der Waals surface area contributed by atoms with Crippen molar-refractivity contribution in [1.29, 1.82) is 0 Å². The fraction of sp³-hybridized carbons (Fsp3) is 0.263. The molecule has 1 atom stereocenters. The van der Waals surface area contributed by atoms with Gasteiger partial charge in [0.15, 0.2) is 0 Å². The third-order valence-corrected chi connectivity index (χ3v) is 4.98. The topological polar surface area (TPSA) is 105 Å². The lowest BCUT2D eigenvalue weighted by molar-refractivity contribution is -0.122. The lowest BCUT2D eigenvalue weighted by Gasteiger charge is -2.17. The van der Waals surface area contributed by atoms with Gasteiger partial charge in [0.05, 0.1) is 25.0 Å². The van der Waals surface area contributed by atoms with Gasteiger partial charge in [-0.25, -0.2) is 12.8 Å². The molecule has 2 aromatic rings. The molecule has 0 spiro atoms. The summed E-state index contributed by atoms with van der Waals surface area (Å²) < 4.78 is 43.7. The third-order valence-electron chi connectivity index (χ3n) is 4.39. The third kappa shape index (κ3) is 5.02. The maximum Gasteiger partial charge on any atom is 0.229 e. The zero-order chi connectivity index (χ0) is 21.2. The van der Waals surface area contributed by atoms with Crippen LogP contribution in [0.25, 0.3) is 0 Å². The molecule has 1 saturated heterocycles. The number of benzene rings is 2. The van der Waals surface area contributed by atoms with E-state index in [1.54, 1.807) is 24.3 Å². The maximum atomic E-state index is 13.8. The highest BCUT2D eigenvalue weighted by atomic mass is 32.2. The first-order valence-corrected chi connectivity index (χ1v) is 10.6. The van der Waals surface area contributed by atoms with E-state index in [0.29, 0.717) is 11.4 Å². The predicted molar refractivity (Wildman–Crippen MR) is 107 cm³/mol. The minimum atomic E-state index is -3.68. The van der Waals surface area contributed by atoms with Crippen LogP contribution in [0.4, 0.5) is 21.5 Å². The standard InChI is InChI=1S/C19H20FN3O5S/c1-28-15-5-3-4-14(10-15)23-11-12(8-18(23)24)19(25)21-13-6-7-16(20)17(9-13)22-29(2,26)27/h3-7,9-10,12,22H,8,11H2,1-2H3,(H,21,25)/t12-/m1/s1. The van der Waals surface area contributed by atoms with Gasteiger partial charge >= 0.3 is 0 Å². The molecule has 29 heavy (non-hydrogen) atoms. The lowest BCUT2D eigenvalue weighted by atomic mass is 10.1. The molecule has 1 heterocycles. The molecule has 3 rings (SSSR count). The van der Waals surface area contributed by atoms with E-state index in [1.807, 2.05) is 0 Å². The van der Waals surface area contributed by atoms with Gasteiger partial charge < -0.3 is 15.0 Å². The van der Waals surface area contributed by atoms with Crippen LogP contribution in [0.15, 0.2) is 42.5 Å². The number of nitrogens with zero attached hydrogens (tertiary/aromatic N) is 1. The number of sulfonamides is 1. The van der Waals surface area contributed by atoms with E-state index < -0.39 is 27.7 Å². The number of amides is 2. The molecule has 0 saturated carbocycles. The second-order valence-electron chi connectivity index (χ2n) is 6.66. The normalized spacial score (nSPS) is 16.6. The van der Waals surface area contributed by atoms with Crippen molar-refractivity contribution >= 4 is 38.9 Å². The fourth-order valence-electron chi connectivity index (χ4n) is 3.04. The molecule has 0 radical (unpaired) electrons. The predicted octanol–water partition coefficient (Wildman–Crippen LogP) is 2.20. The molecular weight excluding hydrogens is 401 g/mol. The summed E-state index contributed by atoms with van der Waals surface area (Å²) in [7, 11) is -2.15. The Bertz CT molecular complexity index is 1060. The molecule has 10 heteroatoms. The van der Waals surface area contributed by atoms with Gasteiger partial charge in [-0.05, 0) is 30.3 Å². The molecule has 154 valence electrons. The number of hydrogen-bond acceptors (Lipinski definition) is 5. The molecule has 1 aliphatic heterocycles. The number of carbonyl (C=O) groups excluding carboxylic acids is 2. The van der Waals surface area contributed by atoms with E-state index in [2.05, 4.69) is 10.0 Å². The van der Waals surface area contributed by atoms with Crippen LogP contribution in [0.3, 0.4) is 0 Å². The number of nitrogens with one attached hydrogen (secondary N) is 2. The molecular formula is C19H20FN3O5S. The van der Waals surface area contributed by atoms with Gasteiger partial charge in [-0.15, -0.1) is 0 Å². The molecule has 0 aliphatic carbocycles. The van der Waals surface area contributed by atoms with Crippen LogP contribution in [0.5, 0.6) is 5.75 Å². The highest BCUT2D eigenvalue weighted by Gasteiger charge is 2.35. The van der Waals surface area contributed by atoms with Gasteiger partial charge in [0, 0.05) is 30.4 Å². The van der Waals surface area contributed by atoms with Gasteiger partial charge in [0.1, 0.15) is 11.6 Å². The lowest BCUT2D eigenvalue weighted by Crippen LogP contribution is -2.28. The monoisotopic (exact) mass is 421 g/mol. The van der Waals surface area contributed by atoms with Gasteiger partial charge in [0.2, 0.25) is 21.8 Å². The summed E-state index contributed by atoms with van der Waals surface area (Å²) in [6.45, 7) is 0.188. The van der Waals surface area contributed by atoms with Crippen LogP contribution in [0.2, 0.25) is 0 Å². The first kappa shape index (κ1) is 20.6. The maximum absolute atomic E-state index is 13.8. The number of hydrogen-bond donors (Lipinski definition) is 2. The Morgan fingerprint density at radius 3 is 2.69 bits per heavy atom. The smallest absolute Gasteiger partial charge is 0.229 e. The van der Waals surface area contributed by atoms with Crippen LogP contribution in [0, 0.1) is 11.7 Å². The van der Waals surface area contributed by atoms with Gasteiger partial charge in [-0.1, -0.05) is 6.07 Å². The average molecular weight is 421 g/mol. The molecule has 8 nitrogen and oxygen atoms in total. The van der Waals surface area contributed by atoms with E-state index in [0.717, 1.165) is 12.3 Å². The summed E-state index contributed by atoms with van der Waals surface area (Å²) >= 11 is 0. The van der Waals surface area contributed by atoms with Crippen molar-refractivity contribution in [3.8, 4) is 5.75 Å². The summed E-state index contributed by atoms with van der Waals surface area (Å²) in [6.07, 6.45) is 0.924. The van der Waals surface area contributed by atoms with Gasteiger partial charge in [0.25, 0.3) is 0 Å². The van der Waals surface area contributed by atoms with Crippen molar-refractivity contribution in [2.24, 2.45) is 5.92 Å². The number of ether oxygens (including phenoxy) is 1. The highest BCUT2D eigenvalue weighted by molar-refractivity contribution is 7.92. The number of carbonyl (C=O) groups is 2. The van der Waals surface area contributed by atoms with Gasteiger partial charge in [-0.3, -0.25) is 14.3 Å². The summed E-state index contributed by atoms with van der Waals surface area (Å²) in [5, 5.41) is 2.61. The largest absolute Gasteiger partial charge is 0.497 e. The van der Waals surface area contributed by atoms with Crippen molar-refractivity contribution in [1.82, 2.24) is 0 Å². The molecule has 0 unspecified atom stereocenters. The Labute approximate surface area is 167 Å². The molecule has 2 aromatic carbocycles. The Kier molecular flexibility index (Phi) is 5.73. The van der Waals surface area contributed by atoms with Crippen molar-refractivity contribution in [2.45, 2.75) is 6.42 Å². The Morgan fingerprint density at radius 2 is 2.00 bits per heavy atom. The first-order valence-electron chi connectivity index (χ1n) is 8.69. The van der Waals surface area contributed by atoms with Crippen molar-refractivity contribution in [2.75, 3.05) is 34.8 Å². The fourth-order valence-corrected chi connectivity index (χ4v) is 3.59. The number of anilines is 3. The summed E-state index contributed by atoms with van der Waals surface area (Å²) in [5.74, 6) is -1.39. The summed E-state index contributed by atoms with van der Waals surface area (Å²) in [5.41, 5.74) is 0.576. The zero-order valence-corrected chi connectivity index (χ0v) is 16.6. The van der Waals surface area contributed by atoms with Crippen LogP contribution >= 0.6 is 0 Å². The van der Waals surface area contributed by atoms with E-state index >= 15 is 0 Å². The van der Waals surface area contributed by atoms with Crippen LogP contribution in [-0.2, 0) is 19.6 Å². The molecule has 1 aliphatic rings. The quantitative estimate of drug-likeness (QED) is 0.744. The average Bonchev–Trinajstić information content (AvgIpc) is 3.05. The number of halogens is 1. The molecule has 1 fully saturated rings. The molecule has 2 N–H and O–H groups in total. The van der Waals surface area contributed by atoms with Crippen molar-refractivity contribution < 1.29 is 27.1 Å². The minimum absolute atomic E-state index is 0.0265. The van der Waals surface area contributed by atoms with Crippen LogP contribution in [-0.4, -0.2) is 40.1 Å². The van der Waals surface area contributed by atoms with E-state index in [-0.39, 0.29) is 30.2 Å². The minimum Gasteiger partial charge on any atom is -0.497 e. The van der Waals surface area contributed by atoms with Crippen molar-refractivity contribution in [3.05, 3.63) is 48.3 Å². The molecule has 0 aromatic heterocycles. The molecule has 2 amide bonds. The van der Waals surface area contributed by atoms with E-state index in [1.165, 1.54) is 24.1 Å². The van der Waals surface area contributed by atoms with E-state index in [4.69, 9.17) is 4.74 Å². The number of rotatable bonds is 6. The summed E-state index contributed by atoms with van der Waals surface area (Å²) in [6, 6.07) is 10.5. The second-order valence-corrected chi connectivity index (χ2v) is 8.41. The number of methoxy groups -OCH3 is 1. The first-order chi connectivity index (χ1) is 13.7. The van der Waals surface area contributed by atoms with Crippen molar-refractivity contribution in [3.63, 3.8) is 0 Å². The zero-order valence-electron chi connectivity index (χ0n) is 15.8. The van der Waals surface area contributed by atoms with Crippen LogP contribution < -0.4 is 19.7 Å². The SMILES string of the molecule is COc1cccc(N2C[C@H](C(=O)Nc3ccc(F)c(NS(C)(=O)=O)c3)CC2=O)c1. The Hall–Kier alpha value is -3.14. The highest BCUT2D eigenvalue weighted by Crippen LogP contribution is 2.29. The Morgan fingerprint density at radius 1 is 1.24 bits per heavy atom. The summed E-state index contributed by atoms with van der Waals surface area (Å²) in [4.78, 5) is 26.5. The second kappa shape index (κ2) is 8.08. The Balaban J connectivity index is 1.72. The van der Waals surface area contributed by atoms with E-state index in [9.17, 15) is 22.4 Å². The van der Waals surface area contributed by atoms with Crippen LogP contribution in [0.1, 0.15) is 6.42 Å². The van der Waals surface area contributed by atoms with Gasteiger partial charge in [-0.2, -0.15) is 0 Å².